The fourth-order valence-corrected chi connectivity index (χ4v) is 1.40. The third-order valence-electron chi connectivity index (χ3n) is 2.46. The highest BCUT2D eigenvalue weighted by Gasteiger charge is 2.04. The van der Waals surface area contributed by atoms with Gasteiger partial charge in [-0.15, -0.1) is 0 Å². The molecular formula is C15H20N2O2. The molecule has 19 heavy (non-hydrogen) atoms. The fourth-order valence-electron chi connectivity index (χ4n) is 1.40. The zero-order chi connectivity index (χ0) is 14.1. The van der Waals surface area contributed by atoms with Crippen LogP contribution >= 0.6 is 0 Å². The summed E-state index contributed by atoms with van der Waals surface area (Å²) in [6, 6.07) is 8.87. The first-order valence-corrected chi connectivity index (χ1v) is 6.27. The molecule has 0 aromatic heterocycles. The van der Waals surface area contributed by atoms with Gasteiger partial charge >= 0.3 is 0 Å². The summed E-state index contributed by atoms with van der Waals surface area (Å²) in [6.45, 7) is 5.53. The first-order valence-electron chi connectivity index (χ1n) is 6.27. The van der Waals surface area contributed by atoms with Gasteiger partial charge in [-0.05, 0) is 38.1 Å². The third-order valence-corrected chi connectivity index (χ3v) is 2.46. The number of hydrogen-bond donors (Lipinski definition) is 2. The molecule has 0 spiro atoms. The molecule has 0 saturated carbocycles. The molecule has 0 aliphatic heterocycles. The van der Waals surface area contributed by atoms with Gasteiger partial charge in [0.1, 0.15) is 18.5 Å². The monoisotopic (exact) mass is 260 g/mol. The summed E-state index contributed by atoms with van der Waals surface area (Å²) in [5.41, 5.74) is 1.84. The van der Waals surface area contributed by atoms with Gasteiger partial charge in [-0.25, -0.2) is 0 Å². The molecule has 1 atom stereocenters. The van der Waals surface area contributed by atoms with Crippen molar-refractivity contribution in [2.24, 2.45) is 0 Å². The Labute approximate surface area is 114 Å². The van der Waals surface area contributed by atoms with E-state index in [4.69, 9.17) is 10.00 Å². The number of nitrogens with one attached hydrogen (secondary N) is 1. The second kappa shape index (κ2) is 8.30. The summed E-state index contributed by atoms with van der Waals surface area (Å²) in [7, 11) is 0. The van der Waals surface area contributed by atoms with Crippen LogP contribution in [0.25, 0.3) is 0 Å². The summed E-state index contributed by atoms with van der Waals surface area (Å²) >= 11 is 0. The average Bonchev–Trinajstić information content (AvgIpc) is 2.41. The van der Waals surface area contributed by atoms with Crippen LogP contribution in [0.5, 0.6) is 5.75 Å². The van der Waals surface area contributed by atoms with Gasteiger partial charge in [0.25, 0.3) is 0 Å². The number of nitrogens with zero attached hydrogens (tertiary/aromatic N) is 1. The highest BCUT2D eigenvalue weighted by molar-refractivity contribution is 5.34. The van der Waals surface area contributed by atoms with E-state index in [2.05, 4.69) is 11.4 Å². The van der Waals surface area contributed by atoms with E-state index >= 15 is 0 Å². The quantitative estimate of drug-likeness (QED) is 0.580. The van der Waals surface area contributed by atoms with Gasteiger partial charge in [-0.3, -0.25) is 0 Å². The highest BCUT2D eigenvalue weighted by Crippen LogP contribution is 2.11. The molecule has 0 aliphatic rings. The molecule has 0 radical (unpaired) electrons. The summed E-state index contributed by atoms with van der Waals surface area (Å²) < 4.78 is 5.43. The predicted octanol–water partition coefficient (Wildman–Crippen LogP) is 1.85. The maximum absolute atomic E-state index is 9.72. The Kier molecular flexibility index (Phi) is 6.65. The van der Waals surface area contributed by atoms with Gasteiger partial charge in [0.2, 0.25) is 0 Å². The van der Waals surface area contributed by atoms with Crippen LogP contribution in [-0.2, 0) is 0 Å². The lowest BCUT2D eigenvalue weighted by atomic mass is 10.2. The molecule has 0 aliphatic carbocycles. The topological polar surface area (TPSA) is 65.3 Å². The highest BCUT2D eigenvalue weighted by atomic mass is 16.5. The second-order valence-electron chi connectivity index (χ2n) is 4.54. The third kappa shape index (κ3) is 6.61. The van der Waals surface area contributed by atoms with E-state index in [-0.39, 0.29) is 6.61 Å². The van der Waals surface area contributed by atoms with E-state index < -0.39 is 6.10 Å². The zero-order valence-corrected chi connectivity index (χ0v) is 11.4. The van der Waals surface area contributed by atoms with Crippen molar-refractivity contribution in [3.63, 3.8) is 0 Å². The average molecular weight is 260 g/mol. The van der Waals surface area contributed by atoms with Crippen molar-refractivity contribution < 1.29 is 9.84 Å². The fraction of sp³-hybridized carbons (Fsp3) is 0.400. The summed E-state index contributed by atoms with van der Waals surface area (Å²) in [4.78, 5) is 0. The number of rotatable bonds is 7. The number of hydrogen-bond acceptors (Lipinski definition) is 4. The summed E-state index contributed by atoms with van der Waals surface area (Å²) in [5.74, 6) is 0.655. The molecule has 1 aromatic carbocycles. The van der Waals surface area contributed by atoms with Crippen LogP contribution in [0.2, 0.25) is 0 Å². The van der Waals surface area contributed by atoms with E-state index in [9.17, 15) is 5.11 Å². The minimum absolute atomic E-state index is 0.230. The SMILES string of the molecule is CC(C)=CCNCC(O)COc1ccc(C#N)cc1. The van der Waals surface area contributed by atoms with E-state index in [0.29, 0.717) is 17.9 Å². The van der Waals surface area contributed by atoms with Crippen molar-refractivity contribution in [1.82, 2.24) is 5.32 Å². The number of benzene rings is 1. The smallest absolute Gasteiger partial charge is 0.119 e. The van der Waals surface area contributed by atoms with Gasteiger partial charge in [-0.2, -0.15) is 5.26 Å². The summed E-state index contributed by atoms with van der Waals surface area (Å²) in [5, 5.41) is 21.5. The number of allylic oxidation sites excluding steroid dienone is 1. The van der Waals surface area contributed by atoms with Crippen molar-refractivity contribution >= 4 is 0 Å². The number of aliphatic hydroxyl groups is 1. The van der Waals surface area contributed by atoms with Crippen LogP contribution in [0.1, 0.15) is 19.4 Å². The van der Waals surface area contributed by atoms with Gasteiger partial charge in [0, 0.05) is 13.1 Å². The molecule has 0 fully saturated rings. The maximum atomic E-state index is 9.72. The number of aliphatic hydroxyl groups excluding tert-OH is 1. The molecule has 1 unspecified atom stereocenters. The molecular weight excluding hydrogens is 240 g/mol. The van der Waals surface area contributed by atoms with E-state index in [1.807, 2.05) is 19.9 Å². The van der Waals surface area contributed by atoms with Crippen molar-refractivity contribution in [1.29, 1.82) is 5.26 Å². The molecule has 0 heterocycles. The van der Waals surface area contributed by atoms with Gasteiger partial charge in [-0.1, -0.05) is 11.6 Å². The van der Waals surface area contributed by atoms with Crippen LogP contribution in [0.3, 0.4) is 0 Å². The Bertz CT molecular complexity index is 442. The Hall–Kier alpha value is -1.83. The standard InChI is InChI=1S/C15H20N2O2/c1-12(2)7-8-17-10-14(18)11-19-15-5-3-13(9-16)4-6-15/h3-7,14,17-18H,8,10-11H2,1-2H3. The van der Waals surface area contributed by atoms with Crippen LogP contribution in [0.15, 0.2) is 35.9 Å². The Morgan fingerprint density at radius 3 is 2.68 bits per heavy atom. The minimum Gasteiger partial charge on any atom is -0.491 e. The number of nitriles is 1. The van der Waals surface area contributed by atoms with Gasteiger partial charge in [0.05, 0.1) is 11.6 Å². The second-order valence-corrected chi connectivity index (χ2v) is 4.54. The Morgan fingerprint density at radius 1 is 1.42 bits per heavy atom. The molecule has 2 N–H and O–H groups in total. The van der Waals surface area contributed by atoms with Crippen LogP contribution in [0, 0.1) is 11.3 Å². The molecule has 0 amide bonds. The van der Waals surface area contributed by atoms with Crippen molar-refractivity contribution in [2.45, 2.75) is 20.0 Å². The van der Waals surface area contributed by atoms with Crippen LogP contribution < -0.4 is 10.1 Å². The minimum atomic E-state index is -0.554. The van der Waals surface area contributed by atoms with Crippen LogP contribution in [0.4, 0.5) is 0 Å². The van der Waals surface area contributed by atoms with Crippen molar-refractivity contribution in [3.8, 4) is 11.8 Å². The molecule has 1 aromatic rings. The normalized spacial score (nSPS) is 11.5. The number of ether oxygens (including phenoxy) is 1. The van der Waals surface area contributed by atoms with Crippen molar-refractivity contribution in [2.75, 3.05) is 19.7 Å². The zero-order valence-electron chi connectivity index (χ0n) is 11.4. The van der Waals surface area contributed by atoms with Crippen molar-refractivity contribution in [3.05, 3.63) is 41.5 Å². The molecule has 4 nitrogen and oxygen atoms in total. The van der Waals surface area contributed by atoms with E-state index in [0.717, 1.165) is 6.54 Å². The summed E-state index contributed by atoms with van der Waals surface area (Å²) in [6.07, 6.45) is 1.51. The Balaban J connectivity index is 2.24. The lowest BCUT2D eigenvalue weighted by molar-refractivity contribution is 0.107. The van der Waals surface area contributed by atoms with Gasteiger partial charge in [0.15, 0.2) is 0 Å². The first kappa shape index (κ1) is 15.2. The molecule has 0 saturated heterocycles. The maximum Gasteiger partial charge on any atom is 0.119 e. The van der Waals surface area contributed by atoms with E-state index in [1.54, 1.807) is 24.3 Å². The first-order chi connectivity index (χ1) is 9.11. The molecule has 1 rings (SSSR count). The molecule has 4 heteroatoms. The largest absolute Gasteiger partial charge is 0.491 e. The lowest BCUT2D eigenvalue weighted by Crippen LogP contribution is -2.31. The van der Waals surface area contributed by atoms with Gasteiger partial charge < -0.3 is 15.2 Å². The Morgan fingerprint density at radius 2 is 2.11 bits per heavy atom. The van der Waals surface area contributed by atoms with E-state index in [1.165, 1.54) is 5.57 Å². The molecule has 0 bridgehead atoms. The molecule has 102 valence electrons. The van der Waals surface area contributed by atoms with Crippen LogP contribution in [-0.4, -0.2) is 30.9 Å². The predicted molar refractivity (Wildman–Crippen MR) is 75.0 cm³/mol. The lowest BCUT2D eigenvalue weighted by Gasteiger charge is -2.12.